The third-order valence-electron chi connectivity index (χ3n) is 2.65. The molecule has 1 aliphatic rings. The lowest BCUT2D eigenvalue weighted by molar-refractivity contribution is 0.975. The molecule has 0 amide bonds. The highest BCUT2D eigenvalue weighted by Crippen LogP contribution is 2.24. The summed E-state index contributed by atoms with van der Waals surface area (Å²) < 4.78 is 0. The van der Waals surface area contributed by atoms with Crippen molar-refractivity contribution in [1.82, 2.24) is 10.4 Å². The van der Waals surface area contributed by atoms with Crippen LogP contribution < -0.4 is 5.43 Å². The zero-order chi connectivity index (χ0) is 10.3. The first kappa shape index (κ1) is 8.29. The van der Waals surface area contributed by atoms with E-state index in [1.807, 2.05) is 31.3 Å². The van der Waals surface area contributed by atoms with Crippen molar-refractivity contribution < 1.29 is 0 Å². The number of aromatic amines is 1. The van der Waals surface area contributed by atoms with Crippen molar-refractivity contribution in [2.45, 2.75) is 6.92 Å². The van der Waals surface area contributed by atoms with Gasteiger partial charge < -0.3 is 4.98 Å². The second-order valence-electron chi connectivity index (χ2n) is 3.62. The van der Waals surface area contributed by atoms with E-state index < -0.39 is 0 Å². The Kier molecular flexibility index (Phi) is 1.65. The predicted octanol–water partition coefficient (Wildman–Crippen LogP) is 2.47. The van der Waals surface area contributed by atoms with E-state index in [0.717, 1.165) is 16.9 Å². The van der Waals surface area contributed by atoms with E-state index in [9.17, 15) is 0 Å². The van der Waals surface area contributed by atoms with Crippen molar-refractivity contribution in [3.63, 3.8) is 0 Å². The Morgan fingerprint density at radius 1 is 1.20 bits per heavy atom. The summed E-state index contributed by atoms with van der Waals surface area (Å²) in [6.07, 6.45) is 3.85. The van der Waals surface area contributed by atoms with Crippen LogP contribution in [0.3, 0.4) is 0 Å². The van der Waals surface area contributed by atoms with Crippen LogP contribution >= 0.6 is 0 Å². The van der Waals surface area contributed by atoms with Crippen molar-refractivity contribution in [3.8, 4) is 0 Å². The molecule has 0 bridgehead atoms. The fourth-order valence-corrected chi connectivity index (χ4v) is 1.99. The molecule has 1 aromatic carbocycles. The normalized spacial score (nSPS) is 14.3. The molecule has 0 atom stereocenters. The Bertz CT molecular complexity index is 576. The van der Waals surface area contributed by atoms with Gasteiger partial charge in [-0.3, -0.25) is 5.43 Å². The van der Waals surface area contributed by atoms with Crippen LogP contribution in [0.2, 0.25) is 0 Å². The summed E-state index contributed by atoms with van der Waals surface area (Å²) >= 11 is 0. The van der Waals surface area contributed by atoms with Crippen LogP contribution in [0.15, 0.2) is 35.6 Å². The molecule has 15 heavy (non-hydrogen) atoms. The molecule has 0 fully saturated rings. The molecular weight excluding hydrogens is 186 g/mol. The zero-order valence-electron chi connectivity index (χ0n) is 8.41. The van der Waals surface area contributed by atoms with E-state index in [-0.39, 0.29) is 0 Å². The molecule has 2 aromatic rings. The largest absolute Gasteiger partial charge is 0.354 e. The van der Waals surface area contributed by atoms with Gasteiger partial charge in [0.1, 0.15) is 0 Å². The number of para-hydroxylation sites is 1. The number of H-pyrrole nitrogens is 1. The van der Waals surface area contributed by atoms with E-state index in [1.54, 1.807) is 0 Å². The SMILES string of the molecule is CC1=NNC=Cc2[nH]c3ccccc3c21. The monoisotopic (exact) mass is 197 g/mol. The maximum atomic E-state index is 4.25. The lowest BCUT2D eigenvalue weighted by Crippen LogP contribution is -1.99. The Morgan fingerprint density at radius 2 is 2.07 bits per heavy atom. The zero-order valence-corrected chi connectivity index (χ0v) is 8.41. The third kappa shape index (κ3) is 1.16. The van der Waals surface area contributed by atoms with Crippen molar-refractivity contribution in [2.24, 2.45) is 5.10 Å². The van der Waals surface area contributed by atoms with Gasteiger partial charge in [0.05, 0.1) is 5.71 Å². The molecule has 2 N–H and O–H groups in total. The summed E-state index contributed by atoms with van der Waals surface area (Å²) in [7, 11) is 0. The standard InChI is InChI=1S/C12H11N3/c1-8-12-9-4-2-3-5-10(9)14-11(12)6-7-13-15-8/h2-7,13-14H,1H3. The first-order chi connectivity index (χ1) is 7.36. The van der Waals surface area contributed by atoms with Crippen LogP contribution in [0, 0.1) is 0 Å². The quantitative estimate of drug-likeness (QED) is 0.669. The number of hydrogen-bond donors (Lipinski definition) is 2. The Balaban J connectivity index is 2.43. The first-order valence-corrected chi connectivity index (χ1v) is 4.94. The summed E-state index contributed by atoms with van der Waals surface area (Å²) in [6, 6.07) is 8.28. The van der Waals surface area contributed by atoms with Crippen LogP contribution in [-0.4, -0.2) is 10.7 Å². The lowest BCUT2D eigenvalue weighted by Gasteiger charge is -1.97. The van der Waals surface area contributed by atoms with E-state index in [1.165, 1.54) is 10.9 Å². The number of fused-ring (bicyclic) bond motifs is 3. The number of hydrogen-bond acceptors (Lipinski definition) is 2. The summed E-state index contributed by atoms with van der Waals surface area (Å²) in [5.41, 5.74) is 7.35. The molecule has 1 aromatic heterocycles. The average Bonchev–Trinajstić information content (AvgIpc) is 2.53. The Morgan fingerprint density at radius 3 is 3.00 bits per heavy atom. The van der Waals surface area contributed by atoms with Gasteiger partial charge in [-0.15, -0.1) is 0 Å². The summed E-state index contributed by atoms with van der Waals surface area (Å²) in [5, 5.41) is 5.47. The molecule has 2 heterocycles. The Labute approximate surface area is 87.5 Å². The van der Waals surface area contributed by atoms with Crippen LogP contribution in [0.5, 0.6) is 0 Å². The van der Waals surface area contributed by atoms with Crippen molar-refractivity contribution in [1.29, 1.82) is 0 Å². The van der Waals surface area contributed by atoms with Gasteiger partial charge in [-0.25, -0.2) is 0 Å². The van der Waals surface area contributed by atoms with E-state index in [2.05, 4.69) is 27.6 Å². The highest BCUT2D eigenvalue weighted by Gasteiger charge is 2.12. The van der Waals surface area contributed by atoms with Crippen LogP contribution in [0.4, 0.5) is 0 Å². The maximum Gasteiger partial charge on any atom is 0.0675 e. The predicted molar refractivity (Wildman–Crippen MR) is 62.7 cm³/mol. The minimum atomic E-state index is 1.01. The second kappa shape index (κ2) is 2.98. The van der Waals surface area contributed by atoms with Gasteiger partial charge in [-0.2, -0.15) is 5.10 Å². The molecule has 1 aliphatic heterocycles. The molecule has 0 radical (unpaired) electrons. The Hall–Kier alpha value is -2.03. The molecule has 3 nitrogen and oxygen atoms in total. The van der Waals surface area contributed by atoms with Gasteiger partial charge in [-0.1, -0.05) is 18.2 Å². The average molecular weight is 197 g/mol. The second-order valence-corrected chi connectivity index (χ2v) is 3.62. The van der Waals surface area contributed by atoms with E-state index >= 15 is 0 Å². The third-order valence-corrected chi connectivity index (χ3v) is 2.65. The van der Waals surface area contributed by atoms with Gasteiger partial charge in [0, 0.05) is 28.4 Å². The summed E-state index contributed by atoms with van der Waals surface area (Å²) in [5.74, 6) is 0. The van der Waals surface area contributed by atoms with Crippen molar-refractivity contribution >= 4 is 22.7 Å². The molecule has 0 aliphatic carbocycles. The molecule has 3 heteroatoms. The van der Waals surface area contributed by atoms with Gasteiger partial charge in [0.2, 0.25) is 0 Å². The van der Waals surface area contributed by atoms with Crippen LogP contribution in [0.25, 0.3) is 17.0 Å². The van der Waals surface area contributed by atoms with Crippen LogP contribution in [-0.2, 0) is 0 Å². The topological polar surface area (TPSA) is 40.2 Å². The summed E-state index contributed by atoms with van der Waals surface area (Å²) in [6.45, 7) is 2.01. The number of hydrazone groups is 1. The van der Waals surface area contributed by atoms with E-state index in [0.29, 0.717) is 0 Å². The molecular formula is C12H11N3. The summed E-state index contributed by atoms with van der Waals surface area (Å²) in [4.78, 5) is 3.38. The van der Waals surface area contributed by atoms with E-state index in [4.69, 9.17) is 0 Å². The highest BCUT2D eigenvalue weighted by atomic mass is 15.3. The fourth-order valence-electron chi connectivity index (χ4n) is 1.99. The number of rotatable bonds is 0. The van der Waals surface area contributed by atoms with Gasteiger partial charge in [-0.05, 0) is 19.1 Å². The van der Waals surface area contributed by atoms with Gasteiger partial charge in [0.15, 0.2) is 0 Å². The molecule has 3 rings (SSSR count). The number of nitrogens with one attached hydrogen (secondary N) is 2. The highest BCUT2D eigenvalue weighted by molar-refractivity contribution is 6.12. The number of aromatic nitrogens is 1. The molecule has 0 unspecified atom stereocenters. The molecule has 0 saturated heterocycles. The number of nitrogens with zero attached hydrogens (tertiary/aromatic N) is 1. The molecule has 0 saturated carbocycles. The molecule has 74 valence electrons. The minimum absolute atomic E-state index is 1.01. The smallest absolute Gasteiger partial charge is 0.0675 e. The maximum absolute atomic E-state index is 4.25. The minimum Gasteiger partial charge on any atom is -0.354 e. The molecule has 0 spiro atoms. The first-order valence-electron chi connectivity index (χ1n) is 4.94. The van der Waals surface area contributed by atoms with Crippen LogP contribution in [0.1, 0.15) is 18.2 Å². The van der Waals surface area contributed by atoms with Crippen molar-refractivity contribution in [2.75, 3.05) is 0 Å². The number of benzene rings is 1. The lowest BCUT2D eigenvalue weighted by atomic mass is 10.1. The fraction of sp³-hybridized carbons (Fsp3) is 0.0833. The van der Waals surface area contributed by atoms with Crippen molar-refractivity contribution in [3.05, 3.63) is 41.7 Å². The van der Waals surface area contributed by atoms with Gasteiger partial charge >= 0.3 is 0 Å². The van der Waals surface area contributed by atoms with Gasteiger partial charge in [0.25, 0.3) is 0 Å².